The van der Waals surface area contributed by atoms with E-state index in [0.717, 1.165) is 25.1 Å². The Morgan fingerprint density at radius 3 is 2.95 bits per heavy atom. The molecule has 0 aliphatic heterocycles. The van der Waals surface area contributed by atoms with Crippen LogP contribution in [0.1, 0.15) is 31.7 Å². The molecule has 0 aromatic heterocycles. The average Bonchev–Trinajstić information content (AvgIpc) is 2.86. The highest BCUT2D eigenvalue weighted by atomic mass is 32.2. The third-order valence-electron chi connectivity index (χ3n) is 4.44. The molecule has 112 valence electrons. The number of hydrogen-bond donors (Lipinski definition) is 2. The lowest BCUT2D eigenvalue weighted by Crippen LogP contribution is -2.41. The van der Waals surface area contributed by atoms with Crippen molar-refractivity contribution >= 4 is 11.8 Å². The summed E-state index contributed by atoms with van der Waals surface area (Å²) in [5.74, 6) is 0.933. The highest BCUT2D eigenvalue weighted by Crippen LogP contribution is 2.37. The molecule has 20 heavy (non-hydrogen) atoms. The first-order chi connectivity index (χ1) is 9.62. The van der Waals surface area contributed by atoms with E-state index in [-0.39, 0.29) is 12.0 Å². The van der Waals surface area contributed by atoms with E-state index >= 15 is 0 Å². The Hall–Kier alpha value is -0.710. The van der Waals surface area contributed by atoms with Crippen LogP contribution >= 0.6 is 11.8 Å². The van der Waals surface area contributed by atoms with Crippen LogP contribution in [0.5, 0.6) is 5.75 Å². The van der Waals surface area contributed by atoms with Gasteiger partial charge in [-0.3, -0.25) is 0 Å². The van der Waals surface area contributed by atoms with Crippen molar-refractivity contribution in [1.82, 2.24) is 5.32 Å². The third kappa shape index (κ3) is 3.30. The van der Waals surface area contributed by atoms with E-state index in [1.807, 2.05) is 6.07 Å². The summed E-state index contributed by atoms with van der Waals surface area (Å²) >= 11 is 1.70. The summed E-state index contributed by atoms with van der Waals surface area (Å²) in [5.41, 5.74) is 1.30. The SMILES string of the molecule is COc1ccc(CNC2CCCC2(C)CO)cc1SC. The Balaban J connectivity index is 2.00. The van der Waals surface area contributed by atoms with Gasteiger partial charge >= 0.3 is 0 Å². The number of aliphatic hydroxyl groups excluding tert-OH is 1. The Kier molecular flexibility index (Phi) is 5.35. The predicted molar refractivity (Wildman–Crippen MR) is 84.4 cm³/mol. The molecule has 1 aromatic carbocycles. The first-order valence-corrected chi connectivity index (χ1v) is 8.40. The molecule has 4 heteroatoms. The van der Waals surface area contributed by atoms with Crippen molar-refractivity contribution in [1.29, 1.82) is 0 Å². The van der Waals surface area contributed by atoms with Crippen molar-refractivity contribution in [3.8, 4) is 5.75 Å². The Morgan fingerprint density at radius 1 is 1.50 bits per heavy atom. The smallest absolute Gasteiger partial charge is 0.132 e. The van der Waals surface area contributed by atoms with Gasteiger partial charge in [0.1, 0.15) is 5.75 Å². The average molecular weight is 295 g/mol. The van der Waals surface area contributed by atoms with Gasteiger partial charge < -0.3 is 15.2 Å². The summed E-state index contributed by atoms with van der Waals surface area (Å²) in [6.07, 6.45) is 5.53. The third-order valence-corrected chi connectivity index (χ3v) is 5.20. The number of hydrogen-bond acceptors (Lipinski definition) is 4. The maximum absolute atomic E-state index is 9.58. The number of nitrogens with one attached hydrogen (secondary N) is 1. The van der Waals surface area contributed by atoms with E-state index in [4.69, 9.17) is 4.74 Å². The lowest BCUT2D eigenvalue weighted by Gasteiger charge is -2.30. The van der Waals surface area contributed by atoms with E-state index in [1.165, 1.54) is 16.9 Å². The fourth-order valence-corrected chi connectivity index (χ4v) is 3.62. The first-order valence-electron chi connectivity index (χ1n) is 7.18. The molecule has 3 nitrogen and oxygen atoms in total. The second kappa shape index (κ2) is 6.83. The number of ether oxygens (including phenoxy) is 1. The zero-order valence-electron chi connectivity index (χ0n) is 12.6. The van der Waals surface area contributed by atoms with Crippen LogP contribution in [0, 0.1) is 5.41 Å². The van der Waals surface area contributed by atoms with Crippen LogP contribution in [-0.2, 0) is 6.54 Å². The molecule has 0 saturated heterocycles. The second-order valence-electron chi connectivity index (χ2n) is 5.83. The van der Waals surface area contributed by atoms with E-state index in [2.05, 4.69) is 30.6 Å². The van der Waals surface area contributed by atoms with Crippen LogP contribution in [0.2, 0.25) is 0 Å². The second-order valence-corrected chi connectivity index (χ2v) is 6.68. The summed E-state index contributed by atoms with van der Waals surface area (Å²) in [6, 6.07) is 6.73. The number of methoxy groups -OCH3 is 1. The van der Waals surface area contributed by atoms with Gasteiger partial charge in [0.2, 0.25) is 0 Å². The number of aliphatic hydroxyl groups is 1. The highest BCUT2D eigenvalue weighted by Gasteiger charge is 2.37. The van der Waals surface area contributed by atoms with Crippen LogP contribution in [0.15, 0.2) is 23.1 Å². The maximum Gasteiger partial charge on any atom is 0.132 e. The summed E-state index contributed by atoms with van der Waals surface area (Å²) in [6.45, 7) is 3.29. The molecule has 1 saturated carbocycles. The van der Waals surface area contributed by atoms with Crippen molar-refractivity contribution in [3.05, 3.63) is 23.8 Å². The van der Waals surface area contributed by atoms with Gasteiger partial charge in [-0.1, -0.05) is 19.4 Å². The Morgan fingerprint density at radius 2 is 2.30 bits per heavy atom. The van der Waals surface area contributed by atoms with Crippen LogP contribution in [0.25, 0.3) is 0 Å². The number of benzene rings is 1. The fourth-order valence-electron chi connectivity index (χ4n) is 3.00. The molecular formula is C16H25NO2S. The molecule has 0 bridgehead atoms. The minimum atomic E-state index is 0.0365. The molecule has 0 amide bonds. The van der Waals surface area contributed by atoms with Crippen LogP contribution in [0.4, 0.5) is 0 Å². The fraction of sp³-hybridized carbons (Fsp3) is 0.625. The molecule has 1 aromatic rings. The lowest BCUT2D eigenvalue weighted by molar-refractivity contribution is 0.118. The molecular weight excluding hydrogens is 270 g/mol. The van der Waals surface area contributed by atoms with Gasteiger partial charge in [0.15, 0.2) is 0 Å². The Labute approximate surface area is 126 Å². The minimum absolute atomic E-state index is 0.0365. The zero-order valence-corrected chi connectivity index (χ0v) is 13.4. The van der Waals surface area contributed by atoms with E-state index in [9.17, 15) is 5.11 Å². The van der Waals surface area contributed by atoms with Gasteiger partial charge in [-0.15, -0.1) is 11.8 Å². The zero-order chi connectivity index (χ0) is 14.6. The molecule has 2 rings (SSSR count). The molecule has 1 fully saturated rings. The monoisotopic (exact) mass is 295 g/mol. The normalized spacial score (nSPS) is 25.9. The van der Waals surface area contributed by atoms with Gasteiger partial charge in [0.05, 0.1) is 7.11 Å². The van der Waals surface area contributed by atoms with Crippen molar-refractivity contribution in [2.75, 3.05) is 20.0 Å². The molecule has 0 radical (unpaired) electrons. The quantitative estimate of drug-likeness (QED) is 0.792. The van der Waals surface area contributed by atoms with Gasteiger partial charge in [0, 0.05) is 29.5 Å². The van der Waals surface area contributed by atoms with Crippen LogP contribution < -0.4 is 10.1 Å². The van der Waals surface area contributed by atoms with Crippen molar-refractivity contribution in [2.24, 2.45) is 5.41 Å². The summed E-state index contributed by atoms with van der Waals surface area (Å²) in [7, 11) is 1.71. The van der Waals surface area contributed by atoms with Crippen LogP contribution in [0.3, 0.4) is 0 Å². The van der Waals surface area contributed by atoms with Crippen molar-refractivity contribution < 1.29 is 9.84 Å². The van der Waals surface area contributed by atoms with E-state index in [1.54, 1.807) is 18.9 Å². The minimum Gasteiger partial charge on any atom is -0.496 e. The molecule has 0 spiro atoms. The van der Waals surface area contributed by atoms with Crippen LogP contribution in [-0.4, -0.2) is 31.1 Å². The van der Waals surface area contributed by atoms with Gasteiger partial charge in [-0.05, 0) is 36.8 Å². The van der Waals surface area contributed by atoms with Gasteiger partial charge in [-0.2, -0.15) is 0 Å². The summed E-state index contributed by atoms with van der Waals surface area (Å²) in [5, 5.41) is 13.2. The molecule has 1 aliphatic rings. The van der Waals surface area contributed by atoms with Gasteiger partial charge in [0.25, 0.3) is 0 Å². The molecule has 2 atom stereocenters. The number of thioether (sulfide) groups is 1. The topological polar surface area (TPSA) is 41.5 Å². The van der Waals surface area contributed by atoms with Gasteiger partial charge in [-0.25, -0.2) is 0 Å². The summed E-state index contributed by atoms with van der Waals surface area (Å²) in [4.78, 5) is 1.17. The standard InChI is InChI=1S/C16H25NO2S/c1-16(11-18)8-4-5-15(16)17-10-12-6-7-13(19-2)14(9-12)20-3/h6-7,9,15,17-18H,4-5,8,10-11H2,1-3H3. The Bertz CT molecular complexity index is 452. The lowest BCUT2D eigenvalue weighted by atomic mass is 9.86. The number of rotatable bonds is 6. The maximum atomic E-state index is 9.58. The highest BCUT2D eigenvalue weighted by molar-refractivity contribution is 7.98. The van der Waals surface area contributed by atoms with E-state index < -0.39 is 0 Å². The molecule has 1 aliphatic carbocycles. The molecule has 0 heterocycles. The molecule has 2 N–H and O–H groups in total. The predicted octanol–water partition coefficient (Wildman–Crippen LogP) is 3.06. The summed E-state index contributed by atoms with van der Waals surface area (Å²) < 4.78 is 5.35. The van der Waals surface area contributed by atoms with Crippen molar-refractivity contribution in [3.63, 3.8) is 0 Å². The molecule has 2 unspecified atom stereocenters. The van der Waals surface area contributed by atoms with Crippen molar-refractivity contribution in [2.45, 2.75) is 43.7 Å². The van der Waals surface area contributed by atoms with E-state index in [0.29, 0.717) is 6.04 Å². The first kappa shape index (κ1) is 15.7. The largest absolute Gasteiger partial charge is 0.496 e.